The SMILES string of the molecule is Nc1ccc(SCC(=O)NC(=O)NC2CCCC2)c(Cl)c1. The van der Waals surface area contributed by atoms with Crippen LogP contribution in [-0.4, -0.2) is 23.7 Å². The van der Waals surface area contributed by atoms with E-state index in [-0.39, 0.29) is 17.7 Å². The lowest BCUT2D eigenvalue weighted by molar-refractivity contribution is -0.117. The first-order valence-corrected chi connectivity index (χ1v) is 8.19. The van der Waals surface area contributed by atoms with Gasteiger partial charge in [0, 0.05) is 16.6 Å². The van der Waals surface area contributed by atoms with Gasteiger partial charge in [0.1, 0.15) is 0 Å². The Balaban J connectivity index is 1.75. The number of nitrogen functional groups attached to an aromatic ring is 1. The Bertz CT molecular complexity index is 533. The molecule has 1 aliphatic carbocycles. The van der Waals surface area contributed by atoms with Crippen molar-refractivity contribution >= 4 is 41.0 Å². The molecule has 1 saturated carbocycles. The summed E-state index contributed by atoms with van der Waals surface area (Å²) < 4.78 is 0. The van der Waals surface area contributed by atoms with Gasteiger partial charge in [-0.2, -0.15) is 0 Å². The molecule has 0 spiro atoms. The molecule has 0 unspecified atom stereocenters. The summed E-state index contributed by atoms with van der Waals surface area (Å²) >= 11 is 7.29. The van der Waals surface area contributed by atoms with E-state index in [1.165, 1.54) is 11.8 Å². The van der Waals surface area contributed by atoms with Crippen LogP contribution in [0.15, 0.2) is 23.1 Å². The van der Waals surface area contributed by atoms with Crippen LogP contribution in [0.5, 0.6) is 0 Å². The normalized spacial score (nSPS) is 14.9. The summed E-state index contributed by atoms with van der Waals surface area (Å²) in [5.74, 6) is -0.217. The van der Waals surface area contributed by atoms with Gasteiger partial charge in [-0.1, -0.05) is 24.4 Å². The van der Waals surface area contributed by atoms with Crippen LogP contribution in [0.1, 0.15) is 25.7 Å². The number of hydrogen-bond donors (Lipinski definition) is 3. The number of hydrogen-bond acceptors (Lipinski definition) is 4. The number of anilines is 1. The molecular formula is C14H18ClN3O2S. The second-order valence-corrected chi connectivity index (χ2v) is 6.41. The van der Waals surface area contributed by atoms with Gasteiger partial charge in [0.05, 0.1) is 10.8 Å². The number of imide groups is 1. The first-order valence-electron chi connectivity index (χ1n) is 6.83. The van der Waals surface area contributed by atoms with E-state index in [1.54, 1.807) is 18.2 Å². The van der Waals surface area contributed by atoms with E-state index < -0.39 is 6.03 Å². The number of amides is 3. The number of urea groups is 1. The molecule has 1 aromatic carbocycles. The number of rotatable bonds is 4. The highest BCUT2D eigenvalue weighted by Crippen LogP contribution is 2.28. The standard InChI is InChI=1S/C14H18ClN3O2S/c15-11-7-9(16)5-6-12(11)21-8-13(19)18-14(20)17-10-3-1-2-4-10/h5-7,10H,1-4,8,16H2,(H2,17,18,19,20). The van der Waals surface area contributed by atoms with E-state index >= 15 is 0 Å². The molecule has 0 bridgehead atoms. The summed E-state index contributed by atoms with van der Waals surface area (Å²) in [4.78, 5) is 24.1. The van der Waals surface area contributed by atoms with Gasteiger partial charge < -0.3 is 11.1 Å². The van der Waals surface area contributed by atoms with Crippen molar-refractivity contribution in [3.63, 3.8) is 0 Å². The Kier molecular flexibility index (Phi) is 5.76. The molecule has 1 fully saturated rings. The molecule has 2 rings (SSSR count). The number of carbonyl (C=O) groups is 2. The third-order valence-corrected chi connectivity index (χ3v) is 4.76. The summed E-state index contributed by atoms with van der Waals surface area (Å²) in [6.07, 6.45) is 4.23. The molecule has 0 radical (unpaired) electrons. The highest BCUT2D eigenvalue weighted by Gasteiger charge is 2.18. The molecule has 5 nitrogen and oxygen atoms in total. The maximum absolute atomic E-state index is 11.7. The molecule has 3 amide bonds. The quantitative estimate of drug-likeness (QED) is 0.586. The van der Waals surface area contributed by atoms with Gasteiger partial charge in [-0.15, -0.1) is 11.8 Å². The largest absolute Gasteiger partial charge is 0.399 e. The number of halogens is 1. The van der Waals surface area contributed by atoms with Crippen LogP contribution in [0.3, 0.4) is 0 Å². The maximum Gasteiger partial charge on any atom is 0.321 e. The van der Waals surface area contributed by atoms with Crippen molar-refractivity contribution in [1.29, 1.82) is 0 Å². The maximum atomic E-state index is 11.7. The van der Waals surface area contributed by atoms with Crippen molar-refractivity contribution in [3.8, 4) is 0 Å². The van der Waals surface area contributed by atoms with Crippen molar-refractivity contribution in [2.24, 2.45) is 0 Å². The van der Waals surface area contributed by atoms with Gasteiger partial charge in [0.15, 0.2) is 0 Å². The summed E-state index contributed by atoms with van der Waals surface area (Å²) in [6, 6.07) is 4.88. The average molecular weight is 328 g/mol. The van der Waals surface area contributed by atoms with Crippen molar-refractivity contribution < 1.29 is 9.59 Å². The smallest absolute Gasteiger partial charge is 0.321 e. The Hall–Kier alpha value is -1.40. The summed E-state index contributed by atoms with van der Waals surface area (Å²) in [5.41, 5.74) is 6.18. The second-order valence-electron chi connectivity index (χ2n) is 4.98. The summed E-state index contributed by atoms with van der Waals surface area (Å²) in [6.45, 7) is 0. The summed E-state index contributed by atoms with van der Waals surface area (Å²) in [5, 5.41) is 5.64. The molecular weight excluding hydrogens is 310 g/mol. The van der Waals surface area contributed by atoms with Crippen LogP contribution in [0.2, 0.25) is 5.02 Å². The third-order valence-electron chi connectivity index (χ3n) is 3.26. The van der Waals surface area contributed by atoms with E-state index in [9.17, 15) is 9.59 Å². The number of carbonyl (C=O) groups excluding carboxylic acids is 2. The molecule has 0 atom stereocenters. The third kappa shape index (κ3) is 5.13. The lowest BCUT2D eigenvalue weighted by Crippen LogP contribution is -2.44. The zero-order chi connectivity index (χ0) is 15.2. The van der Waals surface area contributed by atoms with Gasteiger partial charge in [-0.25, -0.2) is 4.79 Å². The molecule has 114 valence electrons. The monoisotopic (exact) mass is 327 g/mol. The Morgan fingerprint density at radius 2 is 2.05 bits per heavy atom. The molecule has 4 N–H and O–H groups in total. The van der Waals surface area contributed by atoms with E-state index in [4.69, 9.17) is 17.3 Å². The van der Waals surface area contributed by atoms with Gasteiger partial charge in [0.2, 0.25) is 5.91 Å². The fourth-order valence-electron chi connectivity index (χ4n) is 2.23. The van der Waals surface area contributed by atoms with Crippen molar-refractivity contribution in [2.45, 2.75) is 36.6 Å². The van der Waals surface area contributed by atoms with Crippen LogP contribution in [-0.2, 0) is 4.79 Å². The van der Waals surface area contributed by atoms with Crippen LogP contribution in [0, 0.1) is 0 Å². The second kappa shape index (κ2) is 7.56. The fourth-order valence-corrected chi connectivity index (χ4v) is 3.30. The zero-order valence-corrected chi connectivity index (χ0v) is 13.1. The van der Waals surface area contributed by atoms with E-state index in [1.807, 2.05) is 0 Å². The van der Waals surface area contributed by atoms with Crippen LogP contribution >= 0.6 is 23.4 Å². The van der Waals surface area contributed by atoms with Gasteiger partial charge in [-0.05, 0) is 31.0 Å². The lowest BCUT2D eigenvalue weighted by Gasteiger charge is -2.12. The van der Waals surface area contributed by atoms with Crippen LogP contribution in [0.25, 0.3) is 0 Å². The first kappa shape index (κ1) is 16.0. The molecule has 7 heteroatoms. The topological polar surface area (TPSA) is 84.2 Å². The number of nitrogens with one attached hydrogen (secondary N) is 2. The Morgan fingerprint density at radius 3 is 2.71 bits per heavy atom. The minimum Gasteiger partial charge on any atom is -0.399 e. The van der Waals surface area contributed by atoms with E-state index in [2.05, 4.69) is 10.6 Å². The molecule has 1 aliphatic rings. The van der Waals surface area contributed by atoms with Crippen molar-refractivity contribution in [2.75, 3.05) is 11.5 Å². The molecule has 0 aromatic heterocycles. The van der Waals surface area contributed by atoms with Gasteiger partial charge in [0.25, 0.3) is 0 Å². The zero-order valence-electron chi connectivity index (χ0n) is 11.5. The number of thioether (sulfide) groups is 1. The van der Waals surface area contributed by atoms with Crippen LogP contribution < -0.4 is 16.4 Å². The van der Waals surface area contributed by atoms with Gasteiger partial charge >= 0.3 is 6.03 Å². The van der Waals surface area contributed by atoms with E-state index in [0.29, 0.717) is 10.7 Å². The van der Waals surface area contributed by atoms with Crippen molar-refractivity contribution in [3.05, 3.63) is 23.2 Å². The van der Waals surface area contributed by atoms with Crippen LogP contribution in [0.4, 0.5) is 10.5 Å². The molecule has 0 saturated heterocycles. The highest BCUT2D eigenvalue weighted by molar-refractivity contribution is 8.00. The molecule has 1 aromatic rings. The predicted octanol–water partition coefficient (Wildman–Crippen LogP) is 2.78. The minimum atomic E-state index is -0.420. The summed E-state index contributed by atoms with van der Waals surface area (Å²) in [7, 11) is 0. The molecule has 21 heavy (non-hydrogen) atoms. The first-order chi connectivity index (χ1) is 10.0. The molecule has 0 aliphatic heterocycles. The van der Waals surface area contributed by atoms with E-state index in [0.717, 1.165) is 30.6 Å². The minimum absolute atomic E-state index is 0.127. The van der Waals surface area contributed by atoms with Crippen molar-refractivity contribution in [1.82, 2.24) is 10.6 Å². The average Bonchev–Trinajstić information content (AvgIpc) is 2.90. The Labute approximate surface area is 133 Å². The highest BCUT2D eigenvalue weighted by atomic mass is 35.5. The number of nitrogens with two attached hydrogens (primary N) is 1. The Morgan fingerprint density at radius 1 is 1.33 bits per heavy atom. The van der Waals surface area contributed by atoms with Gasteiger partial charge in [-0.3, -0.25) is 10.1 Å². The predicted molar refractivity (Wildman–Crippen MR) is 85.5 cm³/mol. The fraction of sp³-hybridized carbons (Fsp3) is 0.429. The molecule has 0 heterocycles. The lowest BCUT2D eigenvalue weighted by atomic mass is 10.2. The number of benzene rings is 1.